The third kappa shape index (κ3) is 5.18. The smallest absolute Gasteiger partial charge is 0.251 e. The van der Waals surface area contributed by atoms with Crippen LogP contribution >= 0.6 is 0 Å². The van der Waals surface area contributed by atoms with Gasteiger partial charge in [-0.2, -0.15) is 0 Å². The second-order valence-corrected chi connectivity index (χ2v) is 5.10. The lowest BCUT2D eigenvalue weighted by Crippen LogP contribution is -2.22. The first-order valence-corrected chi connectivity index (χ1v) is 7.64. The van der Waals surface area contributed by atoms with E-state index in [2.05, 4.69) is 10.3 Å². The van der Waals surface area contributed by atoms with Crippen molar-refractivity contribution in [2.45, 2.75) is 19.9 Å². The summed E-state index contributed by atoms with van der Waals surface area (Å²) in [6.45, 7) is 2.58. The van der Waals surface area contributed by atoms with Crippen molar-refractivity contribution in [1.29, 1.82) is 0 Å². The lowest BCUT2D eigenvalue weighted by molar-refractivity contribution is 0.0949. The van der Waals surface area contributed by atoms with Gasteiger partial charge in [-0.15, -0.1) is 0 Å². The van der Waals surface area contributed by atoms with Gasteiger partial charge in [0.05, 0.1) is 0 Å². The predicted molar refractivity (Wildman–Crippen MR) is 92.0 cm³/mol. The van der Waals surface area contributed by atoms with Crippen LogP contribution in [0.15, 0.2) is 59.6 Å². The molecule has 0 fully saturated rings. The molecule has 0 saturated heterocycles. The standard InChI is InChI=1S/C19H20N2O2/c1-2-12-20-14-18(22)16-10-8-15(9-11-16)13-21-19(23)17-6-4-3-5-7-17/h3-12H,2,13-14H2,1H3,(H,21,23). The van der Waals surface area contributed by atoms with Crippen LogP contribution < -0.4 is 5.32 Å². The maximum Gasteiger partial charge on any atom is 0.251 e. The molecule has 2 aromatic carbocycles. The fourth-order valence-electron chi connectivity index (χ4n) is 2.05. The Labute approximate surface area is 136 Å². The van der Waals surface area contributed by atoms with Gasteiger partial charge in [-0.3, -0.25) is 14.6 Å². The number of ketones is 1. The van der Waals surface area contributed by atoms with Gasteiger partial charge in [-0.1, -0.05) is 49.4 Å². The molecule has 0 unspecified atom stereocenters. The van der Waals surface area contributed by atoms with E-state index in [0.717, 1.165) is 12.0 Å². The average molecular weight is 308 g/mol. The number of carbonyl (C=O) groups excluding carboxylic acids is 2. The fourth-order valence-corrected chi connectivity index (χ4v) is 2.05. The summed E-state index contributed by atoms with van der Waals surface area (Å²) >= 11 is 0. The summed E-state index contributed by atoms with van der Waals surface area (Å²) < 4.78 is 0. The highest BCUT2D eigenvalue weighted by Crippen LogP contribution is 2.06. The Hall–Kier alpha value is -2.75. The van der Waals surface area contributed by atoms with E-state index in [1.807, 2.05) is 37.3 Å². The maximum atomic E-state index is 12.0. The Morgan fingerprint density at radius 3 is 2.35 bits per heavy atom. The molecule has 4 nitrogen and oxygen atoms in total. The number of aliphatic imine (C=N–C) groups is 1. The molecular weight excluding hydrogens is 288 g/mol. The van der Waals surface area contributed by atoms with E-state index in [1.165, 1.54) is 0 Å². The van der Waals surface area contributed by atoms with E-state index < -0.39 is 0 Å². The van der Waals surface area contributed by atoms with E-state index in [1.54, 1.807) is 30.5 Å². The molecule has 2 rings (SSSR count). The van der Waals surface area contributed by atoms with Gasteiger partial charge in [0.1, 0.15) is 6.54 Å². The molecule has 0 aliphatic carbocycles. The largest absolute Gasteiger partial charge is 0.348 e. The van der Waals surface area contributed by atoms with Crippen molar-refractivity contribution in [3.8, 4) is 0 Å². The first kappa shape index (κ1) is 16.6. The molecule has 0 aliphatic heterocycles. The summed E-state index contributed by atoms with van der Waals surface area (Å²) in [5, 5.41) is 2.86. The second kappa shape index (κ2) is 8.63. The predicted octanol–water partition coefficient (Wildman–Crippen LogP) is 3.28. The van der Waals surface area contributed by atoms with Crippen molar-refractivity contribution in [2.75, 3.05) is 6.54 Å². The Balaban J connectivity index is 1.89. The number of hydrogen-bond acceptors (Lipinski definition) is 3. The van der Waals surface area contributed by atoms with Crippen molar-refractivity contribution in [2.24, 2.45) is 4.99 Å². The topological polar surface area (TPSA) is 58.5 Å². The Kier molecular flexibility index (Phi) is 6.24. The first-order valence-electron chi connectivity index (χ1n) is 7.64. The van der Waals surface area contributed by atoms with Gasteiger partial charge in [0.15, 0.2) is 5.78 Å². The molecule has 0 heterocycles. The summed E-state index contributed by atoms with van der Waals surface area (Å²) in [5.74, 6) is -0.116. The van der Waals surface area contributed by atoms with Gasteiger partial charge < -0.3 is 5.32 Å². The van der Waals surface area contributed by atoms with Crippen molar-refractivity contribution in [1.82, 2.24) is 5.32 Å². The monoisotopic (exact) mass is 308 g/mol. The number of nitrogens with zero attached hydrogens (tertiary/aromatic N) is 1. The zero-order valence-corrected chi connectivity index (χ0v) is 13.2. The Morgan fingerprint density at radius 2 is 1.70 bits per heavy atom. The summed E-state index contributed by atoms with van der Waals surface area (Å²) in [6.07, 6.45) is 2.57. The molecule has 1 amide bonds. The van der Waals surface area contributed by atoms with Crippen LogP contribution in [0.2, 0.25) is 0 Å². The number of carbonyl (C=O) groups is 2. The van der Waals surface area contributed by atoms with Crippen LogP contribution in [0.3, 0.4) is 0 Å². The molecule has 0 aromatic heterocycles. The lowest BCUT2D eigenvalue weighted by Gasteiger charge is -2.06. The number of amides is 1. The third-order valence-electron chi connectivity index (χ3n) is 3.31. The van der Waals surface area contributed by atoms with Gasteiger partial charge in [0.25, 0.3) is 5.91 Å². The Bertz CT molecular complexity index is 676. The maximum absolute atomic E-state index is 12.0. The minimum Gasteiger partial charge on any atom is -0.348 e. The quantitative estimate of drug-likeness (QED) is 0.630. The van der Waals surface area contributed by atoms with E-state index in [0.29, 0.717) is 17.7 Å². The van der Waals surface area contributed by atoms with Crippen LogP contribution in [0.4, 0.5) is 0 Å². The van der Waals surface area contributed by atoms with Crippen molar-refractivity contribution < 1.29 is 9.59 Å². The van der Waals surface area contributed by atoms with Gasteiger partial charge in [0, 0.05) is 17.7 Å². The van der Waals surface area contributed by atoms with Gasteiger partial charge in [0.2, 0.25) is 0 Å². The Morgan fingerprint density at radius 1 is 1.00 bits per heavy atom. The normalized spacial score (nSPS) is 10.7. The number of rotatable bonds is 7. The highest BCUT2D eigenvalue weighted by molar-refractivity contribution is 5.98. The third-order valence-corrected chi connectivity index (χ3v) is 3.31. The molecule has 0 atom stereocenters. The second-order valence-electron chi connectivity index (χ2n) is 5.10. The molecular formula is C19H20N2O2. The summed E-state index contributed by atoms with van der Waals surface area (Å²) in [7, 11) is 0. The molecule has 4 heteroatoms. The summed E-state index contributed by atoms with van der Waals surface area (Å²) in [5.41, 5.74) is 2.22. The minimum absolute atomic E-state index is 0.00503. The molecule has 0 spiro atoms. The molecule has 1 N–H and O–H groups in total. The molecule has 0 radical (unpaired) electrons. The van der Waals surface area contributed by atoms with Gasteiger partial charge in [-0.25, -0.2) is 0 Å². The highest BCUT2D eigenvalue weighted by atomic mass is 16.1. The fraction of sp³-hybridized carbons (Fsp3) is 0.211. The first-order chi connectivity index (χ1) is 11.2. The number of hydrogen-bond donors (Lipinski definition) is 1. The number of nitrogens with one attached hydrogen (secondary N) is 1. The summed E-state index contributed by atoms with van der Waals surface area (Å²) in [6, 6.07) is 16.3. The average Bonchev–Trinajstić information content (AvgIpc) is 2.61. The SMILES string of the molecule is CCC=NCC(=O)c1ccc(CNC(=O)c2ccccc2)cc1. The van der Waals surface area contributed by atoms with E-state index in [-0.39, 0.29) is 18.2 Å². The van der Waals surface area contributed by atoms with Crippen molar-refractivity contribution >= 4 is 17.9 Å². The zero-order chi connectivity index (χ0) is 16.5. The van der Waals surface area contributed by atoms with Crippen LogP contribution in [-0.4, -0.2) is 24.4 Å². The molecule has 118 valence electrons. The van der Waals surface area contributed by atoms with Crippen LogP contribution in [0.25, 0.3) is 0 Å². The number of Topliss-reactive ketones (excluding diaryl/α,β-unsaturated/α-hetero) is 1. The minimum atomic E-state index is -0.111. The summed E-state index contributed by atoms with van der Waals surface area (Å²) in [4.78, 5) is 27.9. The molecule has 23 heavy (non-hydrogen) atoms. The van der Waals surface area contributed by atoms with Crippen molar-refractivity contribution in [3.05, 3.63) is 71.3 Å². The van der Waals surface area contributed by atoms with E-state index in [4.69, 9.17) is 0 Å². The molecule has 0 aliphatic rings. The highest BCUT2D eigenvalue weighted by Gasteiger charge is 2.06. The van der Waals surface area contributed by atoms with E-state index in [9.17, 15) is 9.59 Å². The van der Waals surface area contributed by atoms with Gasteiger partial charge in [-0.05, 0) is 30.3 Å². The lowest BCUT2D eigenvalue weighted by atomic mass is 10.1. The van der Waals surface area contributed by atoms with Gasteiger partial charge >= 0.3 is 0 Å². The molecule has 0 saturated carbocycles. The van der Waals surface area contributed by atoms with Crippen LogP contribution in [-0.2, 0) is 6.54 Å². The van der Waals surface area contributed by atoms with Crippen LogP contribution in [0, 0.1) is 0 Å². The van der Waals surface area contributed by atoms with Crippen LogP contribution in [0.1, 0.15) is 39.6 Å². The molecule has 0 bridgehead atoms. The van der Waals surface area contributed by atoms with Crippen molar-refractivity contribution in [3.63, 3.8) is 0 Å². The number of benzene rings is 2. The zero-order valence-electron chi connectivity index (χ0n) is 13.2. The molecule has 2 aromatic rings. The van der Waals surface area contributed by atoms with Crippen LogP contribution in [0.5, 0.6) is 0 Å². The van der Waals surface area contributed by atoms with E-state index >= 15 is 0 Å².